The molecule has 0 radical (unpaired) electrons. The van der Waals surface area contributed by atoms with Crippen molar-refractivity contribution in [1.82, 2.24) is 5.32 Å². The van der Waals surface area contributed by atoms with E-state index < -0.39 is 5.97 Å². The van der Waals surface area contributed by atoms with Crippen LogP contribution in [0.5, 0.6) is 0 Å². The van der Waals surface area contributed by atoms with Gasteiger partial charge in [0.05, 0.1) is 0 Å². The summed E-state index contributed by atoms with van der Waals surface area (Å²) in [5, 5.41) is 12.2. The number of carbonyl (C=O) groups is 1. The number of nitrogens with one attached hydrogen (secondary N) is 1. The number of hydrogen-bond donors (Lipinski definition) is 2. The van der Waals surface area contributed by atoms with E-state index in [2.05, 4.69) is 51.2 Å². The second-order valence-corrected chi connectivity index (χ2v) is 6.36. The fourth-order valence-electron chi connectivity index (χ4n) is 2.34. The molecule has 3 nitrogen and oxygen atoms in total. The quantitative estimate of drug-likeness (QED) is 0.713. The van der Waals surface area contributed by atoms with Crippen LogP contribution >= 0.6 is 0 Å². The molecule has 3 heteroatoms. The Labute approximate surface area is 122 Å². The summed E-state index contributed by atoms with van der Waals surface area (Å²) in [5.74, 6) is -0.707. The monoisotopic (exact) mass is 277 g/mol. The van der Waals surface area contributed by atoms with E-state index in [0.717, 1.165) is 25.9 Å². The third kappa shape index (κ3) is 5.74. The van der Waals surface area contributed by atoms with Crippen molar-refractivity contribution in [3.05, 3.63) is 34.9 Å². The highest BCUT2D eigenvalue weighted by atomic mass is 16.4. The predicted octanol–water partition coefficient (Wildman–Crippen LogP) is 3.67. The Morgan fingerprint density at radius 3 is 2.35 bits per heavy atom. The van der Waals surface area contributed by atoms with Crippen molar-refractivity contribution in [3.63, 3.8) is 0 Å². The molecular weight excluding hydrogens is 250 g/mol. The average Bonchev–Trinajstić information content (AvgIpc) is 2.35. The van der Waals surface area contributed by atoms with E-state index in [0.29, 0.717) is 0 Å². The zero-order valence-electron chi connectivity index (χ0n) is 13.1. The molecule has 0 amide bonds. The van der Waals surface area contributed by atoms with Crippen LogP contribution in [0.15, 0.2) is 18.2 Å². The highest BCUT2D eigenvalue weighted by molar-refractivity contribution is 5.66. The Morgan fingerprint density at radius 1 is 1.20 bits per heavy atom. The zero-order chi connectivity index (χ0) is 15.2. The minimum atomic E-state index is -0.707. The molecule has 0 saturated carbocycles. The molecule has 0 aliphatic rings. The predicted molar refractivity (Wildman–Crippen MR) is 82.9 cm³/mol. The van der Waals surface area contributed by atoms with Gasteiger partial charge in [0.25, 0.3) is 0 Å². The maximum absolute atomic E-state index is 10.6. The van der Waals surface area contributed by atoms with Crippen molar-refractivity contribution in [2.45, 2.75) is 53.5 Å². The van der Waals surface area contributed by atoms with Gasteiger partial charge in [-0.3, -0.25) is 4.79 Å². The second-order valence-electron chi connectivity index (χ2n) is 6.36. The lowest BCUT2D eigenvalue weighted by Gasteiger charge is -2.24. The van der Waals surface area contributed by atoms with Crippen LogP contribution < -0.4 is 5.32 Å². The third-order valence-corrected chi connectivity index (χ3v) is 3.94. The molecule has 1 aromatic rings. The van der Waals surface area contributed by atoms with E-state index in [9.17, 15) is 4.79 Å². The summed E-state index contributed by atoms with van der Waals surface area (Å²) >= 11 is 0. The summed E-state index contributed by atoms with van der Waals surface area (Å²) in [5.41, 5.74) is 4.09. The average molecular weight is 277 g/mol. The van der Waals surface area contributed by atoms with Crippen molar-refractivity contribution in [1.29, 1.82) is 0 Å². The van der Waals surface area contributed by atoms with Gasteiger partial charge in [-0.05, 0) is 55.3 Å². The molecule has 0 unspecified atom stereocenters. The van der Waals surface area contributed by atoms with Crippen LogP contribution in [-0.4, -0.2) is 17.6 Å². The van der Waals surface area contributed by atoms with Gasteiger partial charge in [-0.15, -0.1) is 0 Å². The highest BCUT2D eigenvalue weighted by Crippen LogP contribution is 2.26. The molecule has 0 spiro atoms. The molecule has 0 fully saturated rings. The van der Waals surface area contributed by atoms with Gasteiger partial charge in [0, 0.05) is 13.0 Å². The van der Waals surface area contributed by atoms with Crippen LogP contribution in [-0.2, 0) is 11.3 Å². The molecule has 0 aliphatic carbocycles. The molecule has 0 aliphatic heterocycles. The van der Waals surface area contributed by atoms with Crippen LogP contribution in [0.2, 0.25) is 0 Å². The number of aliphatic carboxylic acids is 1. The number of rotatable bonds is 8. The van der Waals surface area contributed by atoms with Crippen molar-refractivity contribution < 1.29 is 9.90 Å². The Morgan fingerprint density at radius 2 is 1.80 bits per heavy atom. The van der Waals surface area contributed by atoms with Crippen LogP contribution in [0.4, 0.5) is 0 Å². The number of aryl methyl sites for hydroxylation is 2. The van der Waals surface area contributed by atoms with E-state index in [1.165, 1.54) is 16.7 Å². The number of benzene rings is 1. The van der Waals surface area contributed by atoms with Gasteiger partial charge in [0.2, 0.25) is 0 Å². The summed E-state index contributed by atoms with van der Waals surface area (Å²) in [6.45, 7) is 10.4. The minimum Gasteiger partial charge on any atom is -0.481 e. The Kier molecular flexibility index (Phi) is 6.21. The Balaban J connectivity index is 2.36. The first-order valence-electron chi connectivity index (χ1n) is 7.29. The van der Waals surface area contributed by atoms with E-state index in [1.807, 2.05) is 0 Å². The normalized spacial score (nSPS) is 11.6. The van der Waals surface area contributed by atoms with Gasteiger partial charge in [0.15, 0.2) is 0 Å². The summed E-state index contributed by atoms with van der Waals surface area (Å²) in [7, 11) is 0. The molecule has 0 bridgehead atoms. The lowest BCUT2D eigenvalue weighted by molar-refractivity contribution is -0.137. The largest absolute Gasteiger partial charge is 0.481 e. The molecule has 2 N–H and O–H groups in total. The maximum Gasteiger partial charge on any atom is 0.303 e. The first kappa shape index (κ1) is 16.7. The van der Waals surface area contributed by atoms with E-state index in [-0.39, 0.29) is 11.8 Å². The topological polar surface area (TPSA) is 49.3 Å². The smallest absolute Gasteiger partial charge is 0.303 e. The zero-order valence-corrected chi connectivity index (χ0v) is 13.1. The van der Waals surface area contributed by atoms with Gasteiger partial charge in [0.1, 0.15) is 0 Å². The summed E-state index contributed by atoms with van der Waals surface area (Å²) < 4.78 is 0. The van der Waals surface area contributed by atoms with Gasteiger partial charge in [-0.25, -0.2) is 0 Å². The first-order valence-corrected chi connectivity index (χ1v) is 7.29. The summed E-state index contributed by atoms with van der Waals surface area (Å²) in [4.78, 5) is 10.6. The fourth-order valence-corrected chi connectivity index (χ4v) is 2.34. The molecule has 20 heavy (non-hydrogen) atoms. The van der Waals surface area contributed by atoms with Gasteiger partial charge in [-0.1, -0.05) is 32.0 Å². The third-order valence-electron chi connectivity index (χ3n) is 3.94. The van der Waals surface area contributed by atoms with E-state index in [1.54, 1.807) is 0 Å². The van der Waals surface area contributed by atoms with E-state index >= 15 is 0 Å². The lowest BCUT2D eigenvalue weighted by atomic mass is 9.84. The Hall–Kier alpha value is -1.35. The van der Waals surface area contributed by atoms with Crippen molar-refractivity contribution in [3.8, 4) is 0 Å². The van der Waals surface area contributed by atoms with Crippen molar-refractivity contribution >= 4 is 5.97 Å². The number of carboxylic acid groups (broad SMARTS) is 1. The van der Waals surface area contributed by atoms with Crippen molar-refractivity contribution in [2.75, 3.05) is 6.54 Å². The molecule has 0 heterocycles. The van der Waals surface area contributed by atoms with Crippen LogP contribution in [0.3, 0.4) is 0 Å². The minimum absolute atomic E-state index is 0.0756. The molecule has 112 valence electrons. The maximum atomic E-state index is 10.6. The molecule has 0 aromatic heterocycles. The molecule has 0 saturated heterocycles. The van der Waals surface area contributed by atoms with Crippen LogP contribution in [0.25, 0.3) is 0 Å². The lowest BCUT2D eigenvalue weighted by Crippen LogP contribution is -2.23. The van der Waals surface area contributed by atoms with Gasteiger partial charge in [-0.2, -0.15) is 0 Å². The van der Waals surface area contributed by atoms with E-state index in [4.69, 9.17) is 5.11 Å². The van der Waals surface area contributed by atoms with Crippen LogP contribution in [0.1, 0.15) is 49.8 Å². The van der Waals surface area contributed by atoms with Gasteiger partial charge < -0.3 is 10.4 Å². The molecule has 1 rings (SSSR count). The number of carboxylic acids is 1. The summed E-state index contributed by atoms with van der Waals surface area (Å²) in [6.07, 6.45) is 1.97. The fraction of sp³-hybridized carbons (Fsp3) is 0.588. The summed E-state index contributed by atoms with van der Waals surface area (Å²) in [6, 6.07) is 6.37. The molecule has 0 atom stereocenters. The van der Waals surface area contributed by atoms with Crippen molar-refractivity contribution in [2.24, 2.45) is 5.41 Å². The SMILES string of the molecule is Cc1cccc(C)c1CNCCC(C)(C)CCC(=O)O. The van der Waals surface area contributed by atoms with Gasteiger partial charge >= 0.3 is 5.97 Å². The second kappa shape index (κ2) is 7.44. The van der Waals surface area contributed by atoms with Crippen LogP contribution in [0, 0.1) is 19.3 Å². The standard InChI is InChI=1S/C17H27NO2/c1-13-6-5-7-14(2)15(13)12-18-11-10-17(3,4)9-8-16(19)20/h5-7,18H,8-12H2,1-4H3,(H,19,20). The number of hydrogen-bond acceptors (Lipinski definition) is 2. The highest BCUT2D eigenvalue weighted by Gasteiger charge is 2.18. The Bertz CT molecular complexity index is 432. The molecular formula is C17H27NO2. The first-order chi connectivity index (χ1) is 9.32. The molecule has 1 aromatic carbocycles.